The van der Waals surface area contributed by atoms with Crippen molar-refractivity contribution >= 4 is 51.9 Å². The number of carbonyl (C=O) groups is 3. The molecular formula is C21H20N2O4S. The Kier molecular flexibility index (Phi) is 5.34. The summed E-state index contributed by atoms with van der Waals surface area (Å²) in [5, 5.41) is 2.73. The summed E-state index contributed by atoms with van der Waals surface area (Å²) in [5.74, 6) is -0.363. The zero-order chi connectivity index (χ0) is 19.5. The van der Waals surface area contributed by atoms with Gasteiger partial charge in [0.15, 0.2) is 0 Å². The molecule has 4 rings (SSSR count). The average Bonchev–Trinajstić information content (AvgIpc) is 3.08. The molecule has 0 bridgehead atoms. The largest absolute Gasteiger partial charge is 0.464 e. The van der Waals surface area contributed by atoms with E-state index < -0.39 is 0 Å². The molecule has 0 aliphatic carbocycles. The molecule has 0 atom stereocenters. The van der Waals surface area contributed by atoms with E-state index >= 15 is 0 Å². The van der Waals surface area contributed by atoms with E-state index in [9.17, 15) is 14.4 Å². The maximum Gasteiger partial charge on any atom is 0.290 e. The van der Waals surface area contributed by atoms with Crippen molar-refractivity contribution < 1.29 is 18.8 Å². The van der Waals surface area contributed by atoms with Crippen LogP contribution in [0.1, 0.15) is 36.8 Å². The van der Waals surface area contributed by atoms with Crippen LogP contribution in [0.5, 0.6) is 0 Å². The molecule has 3 amide bonds. The second-order valence-electron chi connectivity index (χ2n) is 6.87. The van der Waals surface area contributed by atoms with Crippen LogP contribution in [0.2, 0.25) is 0 Å². The standard InChI is InChI=1S/C21H20N2O4S/c24-19(23-9-3-1-2-4-10-23)8-6-15-13-27-17-7-5-14(11-16(15)17)12-18-20(25)22-21(26)28-18/h5-8,11-13H,1-4,9-10H2,(H,22,25,26)/b8-6+,18-12+. The lowest BCUT2D eigenvalue weighted by Crippen LogP contribution is -2.30. The van der Waals surface area contributed by atoms with Gasteiger partial charge in [0.1, 0.15) is 5.58 Å². The third-order valence-electron chi connectivity index (χ3n) is 4.89. The number of imide groups is 1. The van der Waals surface area contributed by atoms with Gasteiger partial charge in [-0.05, 0) is 54.5 Å². The predicted molar refractivity (Wildman–Crippen MR) is 109 cm³/mol. The second kappa shape index (κ2) is 8.06. The van der Waals surface area contributed by atoms with Crippen molar-refractivity contribution in [3.05, 3.63) is 46.6 Å². The van der Waals surface area contributed by atoms with E-state index in [1.165, 1.54) is 12.8 Å². The van der Waals surface area contributed by atoms with Crippen LogP contribution >= 0.6 is 11.8 Å². The van der Waals surface area contributed by atoms with Crippen LogP contribution < -0.4 is 5.32 Å². The molecule has 28 heavy (non-hydrogen) atoms. The van der Waals surface area contributed by atoms with Crippen molar-refractivity contribution in [3.63, 3.8) is 0 Å². The maximum absolute atomic E-state index is 12.5. The van der Waals surface area contributed by atoms with Gasteiger partial charge in [0.05, 0.1) is 11.2 Å². The fraction of sp³-hybridized carbons (Fsp3) is 0.286. The van der Waals surface area contributed by atoms with Gasteiger partial charge in [0.25, 0.3) is 11.1 Å². The van der Waals surface area contributed by atoms with E-state index in [2.05, 4.69) is 5.32 Å². The third-order valence-corrected chi connectivity index (χ3v) is 5.70. The fourth-order valence-electron chi connectivity index (χ4n) is 3.42. The molecular weight excluding hydrogens is 376 g/mol. The van der Waals surface area contributed by atoms with E-state index in [0.29, 0.717) is 10.5 Å². The van der Waals surface area contributed by atoms with Crippen molar-refractivity contribution in [1.82, 2.24) is 10.2 Å². The molecule has 0 spiro atoms. The molecule has 0 unspecified atom stereocenters. The Morgan fingerprint density at radius 1 is 1.14 bits per heavy atom. The number of hydrogen-bond donors (Lipinski definition) is 1. The van der Waals surface area contributed by atoms with Crippen LogP contribution in [0.3, 0.4) is 0 Å². The number of fused-ring (bicyclic) bond motifs is 1. The lowest BCUT2D eigenvalue weighted by atomic mass is 10.1. The van der Waals surface area contributed by atoms with Crippen LogP contribution in [-0.2, 0) is 9.59 Å². The van der Waals surface area contributed by atoms with E-state index in [4.69, 9.17) is 4.42 Å². The fourth-order valence-corrected chi connectivity index (χ4v) is 4.10. The van der Waals surface area contributed by atoms with Gasteiger partial charge in [-0.25, -0.2) is 0 Å². The topological polar surface area (TPSA) is 79.6 Å². The lowest BCUT2D eigenvalue weighted by molar-refractivity contribution is -0.125. The number of rotatable bonds is 3. The Morgan fingerprint density at radius 3 is 2.64 bits per heavy atom. The Hall–Kier alpha value is -2.80. The normalized spacial score (nSPS) is 19.6. The molecule has 1 aromatic carbocycles. The van der Waals surface area contributed by atoms with Crippen molar-refractivity contribution in [2.75, 3.05) is 13.1 Å². The first kappa shape index (κ1) is 18.6. The SMILES string of the molecule is O=C1NC(=O)/C(=C\c2ccc3occ(/C=C/C(=O)N4CCCCCC4)c3c2)S1. The molecule has 1 N–H and O–H groups in total. The van der Waals surface area contributed by atoms with Gasteiger partial charge >= 0.3 is 0 Å². The van der Waals surface area contributed by atoms with Gasteiger partial charge in [0.2, 0.25) is 5.91 Å². The van der Waals surface area contributed by atoms with Gasteiger partial charge in [0, 0.05) is 30.1 Å². The number of furan rings is 1. The number of hydrogen-bond acceptors (Lipinski definition) is 5. The van der Waals surface area contributed by atoms with Gasteiger partial charge in [-0.2, -0.15) is 0 Å². The van der Waals surface area contributed by atoms with Crippen molar-refractivity contribution in [2.24, 2.45) is 0 Å². The smallest absolute Gasteiger partial charge is 0.290 e. The number of nitrogens with zero attached hydrogens (tertiary/aromatic N) is 1. The molecule has 0 radical (unpaired) electrons. The highest BCUT2D eigenvalue weighted by Crippen LogP contribution is 2.28. The number of benzene rings is 1. The van der Waals surface area contributed by atoms with Gasteiger partial charge in [-0.1, -0.05) is 18.9 Å². The molecule has 2 fully saturated rings. The predicted octanol–water partition coefficient (Wildman–Crippen LogP) is 4.17. The van der Waals surface area contributed by atoms with Gasteiger partial charge < -0.3 is 9.32 Å². The van der Waals surface area contributed by atoms with Crippen LogP contribution in [0.25, 0.3) is 23.1 Å². The Balaban J connectivity index is 1.56. The number of nitrogens with one attached hydrogen (secondary N) is 1. The summed E-state index contributed by atoms with van der Waals surface area (Å²) in [6, 6.07) is 5.53. The summed E-state index contributed by atoms with van der Waals surface area (Å²) in [6.45, 7) is 1.62. The van der Waals surface area contributed by atoms with Crippen LogP contribution in [0.15, 0.2) is 39.9 Å². The van der Waals surface area contributed by atoms with Crippen LogP contribution in [0.4, 0.5) is 4.79 Å². The first-order valence-electron chi connectivity index (χ1n) is 9.33. The Bertz CT molecular complexity index is 997. The summed E-state index contributed by atoms with van der Waals surface area (Å²) >= 11 is 0.886. The van der Waals surface area contributed by atoms with Crippen LogP contribution in [-0.4, -0.2) is 35.0 Å². The highest BCUT2D eigenvalue weighted by molar-refractivity contribution is 8.18. The number of amides is 3. The molecule has 0 saturated carbocycles. The summed E-state index contributed by atoms with van der Waals surface area (Å²) < 4.78 is 5.57. The summed E-state index contributed by atoms with van der Waals surface area (Å²) in [5.41, 5.74) is 2.29. The second-order valence-corrected chi connectivity index (χ2v) is 7.89. The van der Waals surface area contributed by atoms with Crippen molar-refractivity contribution in [3.8, 4) is 0 Å². The quantitative estimate of drug-likeness (QED) is 0.788. The highest BCUT2D eigenvalue weighted by atomic mass is 32.2. The lowest BCUT2D eigenvalue weighted by Gasteiger charge is -2.17. The van der Waals surface area contributed by atoms with Crippen molar-refractivity contribution in [2.45, 2.75) is 25.7 Å². The molecule has 2 aliphatic rings. The summed E-state index contributed by atoms with van der Waals surface area (Å²) in [6.07, 6.45) is 11.1. The monoisotopic (exact) mass is 396 g/mol. The van der Waals surface area contributed by atoms with E-state index in [-0.39, 0.29) is 17.1 Å². The Morgan fingerprint density at radius 2 is 1.93 bits per heavy atom. The zero-order valence-electron chi connectivity index (χ0n) is 15.3. The minimum absolute atomic E-state index is 0.0204. The minimum atomic E-state index is -0.384. The first-order chi connectivity index (χ1) is 13.6. The average molecular weight is 396 g/mol. The third kappa shape index (κ3) is 4.04. The molecule has 3 heterocycles. The molecule has 7 heteroatoms. The molecule has 6 nitrogen and oxygen atoms in total. The summed E-state index contributed by atoms with van der Waals surface area (Å²) in [4.78, 5) is 37.8. The summed E-state index contributed by atoms with van der Waals surface area (Å²) in [7, 11) is 0. The Labute approximate surface area is 166 Å². The van der Waals surface area contributed by atoms with E-state index in [1.54, 1.807) is 24.5 Å². The first-order valence-corrected chi connectivity index (χ1v) is 10.1. The number of likely N-dealkylation sites (tertiary alicyclic amines) is 1. The molecule has 1 aromatic heterocycles. The molecule has 2 aliphatic heterocycles. The maximum atomic E-state index is 12.5. The van der Waals surface area contributed by atoms with E-state index in [1.807, 2.05) is 23.1 Å². The number of thioether (sulfide) groups is 1. The number of carbonyl (C=O) groups excluding carboxylic acids is 3. The molecule has 2 aromatic rings. The van der Waals surface area contributed by atoms with E-state index in [0.717, 1.165) is 54.2 Å². The van der Waals surface area contributed by atoms with Gasteiger partial charge in [-0.3, -0.25) is 19.7 Å². The highest BCUT2D eigenvalue weighted by Gasteiger charge is 2.25. The molecule has 2 saturated heterocycles. The zero-order valence-corrected chi connectivity index (χ0v) is 16.1. The van der Waals surface area contributed by atoms with Crippen molar-refractivity contribution in [1.29, 1.82) is 0 Å². The van der Waals surface area contributed by atoms with Crippen LogP contribution in [0, 0.1) is 0 Å². The molecule has 144 valence electrons. The van der Waals surface area contributed by atoms with Gasteiger partial charge in [-0.15, -0.1) is 0 Å². The minimum Gasteiger partial charge on any atom is -0.464 e.